The molecule has 3 aliphatic rings. The zero-order valence-electron chi connectivity index (χ0n) is 22.8. The van der Waals surface area contributed by atoms with Gasteiger partial charge < -0.3 is 24.2 Å². The molecule has 17 heteroatoms. The number of nitrogens with one attached hydrogen (secondary N) is 1. The van der Waals surface area contributed by atoms with Crippen LogP contribution >= 0.6 is 0 Å². The van der Waals surface area contributed by atoms with Gasteiger partial charge in [0.2, 0.25) is 22.7 Å². The van der Waals surface area contributed by atoms with Gasteiger partial charge in [-0.15, -0.1) is 0 Å². The molecule has 0 spiro atoms. The van der Waals surface area contributed by atoms with Crippen molar-refractivity contribution in [3.05, 3.63) is 0 Å². The standard InChI is InChI=1S/C16H24N2O11S2.C6H13NO/c1-15(2,3)14(23)29-7-28-13(22)10-16(4,5)31(26,27)12-9(11(21)18(10)12)17-30(24,25)6-8(19)20;1-2-7-3-5-8-6-4-7/h9-10,12,17H,6-7H2,1-5H3,(H,19,20);2-6H2,1H3/t9-,10+,12-;/m1./s1. The molecule has 3 saturated heterocycles. The van der Waals surface area contributed by atoms with E-state index < -0.39 is 83.8 Å². The molecular formula is C22H37N3O12S2. The van der Waals surface area contributed by atoms with Crippen molar-refractivity contribution in [1.29, 1.82) is 0 Å². The van der Waals surface area contributed by atoms with Gasteiger partial charge in [0.15, 0.2) is 21.0 Å². The van der Waals surface area contributed by atoms with Crippen molar-refractivity contribution in [3.63, 3.8) is 0 Å². The number of carbonyl (C=O) groups is 4. The van der Waals surface area contributed by atoms with E-state index in [1.807, 2.05) is 0 Å². The van der Waals surface area contributed by atoms with Crippen LogP contribution in [0.25, 0.3) is 0 Å². The third-order valence-electron chi connectivity index (χ3n) is 6.47. The van der Waals surface area contributed by atoms with Crippen molar-refractivity contribution >= 4 is 43.7 Å². The molecule has 3 atom stereocenters. The molecule has 0 unspecified atom stereocenters. The number of esters is 2. The van der Waals surface area contributed by atoms with Gasteiger partial charge in [0.25, 0.3) is 0 Å². The fraction of sp³-hybridized carbons (Fsp3) is 0.818. The van der Waals surface area contributed by atoms with Crippen molar-refractivity contribution in [2.45, 2.75) is 63.7 Å². The van der Waals surface area contributed by atoms with E-state index in [-0.39, 0.29) is 0 Å². The number of rotatable bonds is 8. The second kappa shape index (κ2) is 12.0. The predicted molar refractivity (Wildman–Crippen MR) is 135 cm³/mol. The van der Waals surface area contributed by atoms with Crippen LogP contribution in [-0.4, -0.2) is 123 Å². The molecule has 3 fully saturated rings. The number of hydrogen-bond donors (Lipinski definition) is 2. The summed E-state index contributed by atoms with van der Waals surface area (Å²) in [6.07, 6.45) is 0. The summed E-state index contributed by atoms with van der Waals surface area (Å²) < 4.78 is 64.3. The van der Waals surface area contributed by atoms with Gasteiger partial charge in [-0.25, -0.2) is 21.6 Å². The molecule has 0 aromatic heterocycles. The molecule has 0 aromatic rings. The number of ether oxygens (including phenoxy) is 3. The van der Waals surface area contributed by atoms with E-state index >= 15 is 0 Å². The Morgan fingerprint density at radius 1 is 1.15 bits per heavy atom. The maximum atomic E-state index is 12.9. The van der Waals surface area contributed by atoms with Crippen LogP contribution in [0.3, 0.4) is 0 Å². The number of sulfone groups is 1. The number of aliphatic carboxylic acids is 1. The number of carbonyl (C=O) groups excluding carboxylic acids is 3. The Morgan fingerprint density at radius 3 is 2.18 bits per heavy atom. The number of morpholine rings is 1. The number of likely N-dealkylation sites (N-methyl/N-ethyl adjacent to an activating group) is 1. The quantitative estimate of drug-likeness (QED) is 0.186. The molecule has 1 amide bonds. The summed E-state index contributed by atoms with van der Waals surface area (Å²) in [5.41, 5.74) is -0.874. The Kier molecular flexibility index (Phi) is 10.1. The smallest absolute Gasteiger partial charge is 0.333 e. The van der Waals surface area contributed by atoms with Gasteiger partial charge in [-0.05, 0) is 41.2 Å². The first-order chi connectivity index (χ1) is 17.8. The Morgan fingerprint density at radius 2 is 1.72 bits per heavy atom. The minimum Gasteiger partial charge on any atom is -0.480 e. The summed E-state index contributed by atoms with van der Waals surface area (Å²) in [5.74, 6) is -5.92. The van der Waals surface area contributed by atoms with Crippen molar-refractivity contribution in [1.82, 2.24) is 14.5 Å². The number of fused-ring (bicyclic) bond motifs is 1. The third-order valence-corrected chi connectivity index (χ3v) is 10.5. The highest BCUT2D eigenvalue weighted by molar-refractivity contribution is 7.94. The lowest BCUT2D eigenvalue weighted by atomic mass is 9.96. The summed E-state index contributed by atoms with van der Waals surface area (Å²) >= 11 is 0. The van der Waals surface area contributed by atoms with E-state index in [9.17, 15) is 36.0 Å². The average Bonchev–Trinajstić information content (AvgIpc) is 2.96. The van der Waals surface area contributed by atoms with Crippen LogP contribution in [0.1, 0.15) is 41.5 Å². The van der Waals surface area contributed by atoms with E-state index in [0.29, 0.717) is 4.90 Å². The first-order valence-corrected chi connectivity index (χ1v) is 15.4. The van der Waals surface area contributed by atoms with Crippen molar-refractivity contribution < 1.29 is 55.3 Å². The molecule has 0 saturated carbocycles. The Balaban J connectivity index is 0.000000568. The van der Waals surface area contributed by atoms with Crippen LogP contribution in [-0.2, 0) is 53.2 Å². The van der Waals surface area contributed by atoms with Gasteiger partial charge in [-0.1, -0.05) is 6.92 Å². The summed E-state index contributed by atoms with van der Waals surface area (Å²) in [7, 11) is -8.80. The normalized spacial score (nSPS) is 25.9. The molecule has 3 aliphatic heterocycles. The van der Waals surface area contributed by atoms with Crippen LogP contribution in [0.4, 0.5) is 0 Å². The van der Waals surface area contributed by atoms with E-state index in [4.69, 9.17) is 19.3 Å². The highest BCUT2D eigenvalue weighted by Gasteiger charge is 2.73. The van der Waals surface area contributed by atoms with Crippen LogP contribution in [0.15, 0.2) is 0 Å². The Hall–Kier alpha value is -2.34. The minimum atomic E-state index is -4.51. The molecule has 2 N–H and O–H groups in total. The molecule has 0 aromatic carbocycles. The number of hydrogen-bond acceptors (Lipinski definition) is 12. The molecule has 3 rings (SSSR count). The van der Waals surface area contributed by atoms with Gasteiger partial charge in [0, 0.05) is 13.1 Å². The van der Waals surface area contributed by atoms with Crippen molar-refractivity contribution in [3.8, 4) is 0 Å². The maximum Gasteiger partial charge on any atom is 0.333 e. The summed E-state index contributed by atoms with van der Waals surface area (Å²) in [4.78, 5) is 50.6. The van der Waals surface area contributed by atoms with Crippen molar-refractivity contribution in [2.75, 3.05) is 45.4 Å². The molecule has 39 heavy (non-hydrogen) atoms. The van der Waals surface area contributed by atoms with Gasteiger partial charge in [0.05, 0.1) is 18.6 Å². The van der Waals surface area contributed by atoms with Gasteiger partial charge >= 0.3 is 17.9 Å². The van der Waals surface area contributed by atoms with Gasteiger partial charge in [0.1, 0.15) is 16.8 Å². The van der Waals surface area contributed by atoms with Gasteiger partial charge in [-0.3, -0.25) is 19.3 Å². The summed E-state index contributed by atoms with van der Waals surface area (Å²) in [6, 6.07) is -3.39. The van der Waals surface area contributed by atoms with Crippen LogP contribution in [0.2, 0.25) is 0 Å². The molecule has 0 radical (unpaired) electrons. The zero-order chi connectivity index (χ0) is 30.0. The minimum absolute atomic E-state index is 0.676. The fourth-order valence-electron chi connectivity index (χ4n) is 4.15. The first-order valence-electron chi connectivity index (χ1n) is 12.2. The number of carboxylic acid groups (broad SMARTS) is 1. The first kappa shape index (κ1) is 32.9. The molecule has 0 bridgehead atoms. The number of amides is 1. The number of β-lactam (4-membered cyclic amide) rings is 1. The third kappa shape index (κ3) is 7.25. The van der Waals surface area contributed by atoms with E-state index in [0.717, 1.165) is 26.3 Å². The molecule has 15 nitrogen and oxygen atoms in total. The van der Waals surface area contributed by atoms with Gasteiger partial charge in [-0.2, -0.15) is 4.72 Å². The predicted octanol–water partition coefficient (Wildman–Crippen LogP) is -1.47. The van der Waals surface area contributed by atoms with E-state index in [1.54, 1.807) is 25.5 Å². The lowest BCUT2D eigenvalue weighted by Crippen LogP contribution is -2.72. The van der Waals surface area contributed by atoms with Crippen molar-refractivity contribution in [2.24, 2.45) is 5.41 Å². The Labute approximate surface area is 228 Å². The number of sulfonamides is 1. The monoisotopic (exact) mass is 599 g/mol. The second-order valence-electron chi connectivity index (χ2n) is 10.7. The molecular weight excluding hydrogens is 562 g/mol. The van der Waals surface area contributed by atoms with Crippen LogP contribution in [0, 0.1) is 5.41 Å². The van der Waals surface area contributed by atoms with Crippen LogP contribution in [0.5, 0.6) is 0 Å². The largest absolute Gasteiger partial charge is 0.480 e. The lowest BCUT2D eigenvalue weighted by molar-refractivity contribution is -0.180. The zero-order valence-corrected chi connectivity index (χ0v) is 24.5. The Bertz CT molecular complexity index is 1170. The highest BCUT2D eigenvalue weighted by atomic mass is 32.2. The SMILES string of the molecule is CC(C)(C)C(=O)OCOC(=O)[C@@H]1N2C(=O)[C@@H](NS(=O)(=O)CC(=O)O)[C@H]2S(=O)(=O)C1(C)C.CCN1CCOCC1. The van der Waals surface area contributed by atoms with E-state index in [2.05, 4.69) is 11.8 Å². The molecule has 3 heterocycles. The highest BCUT2D eigenvalue weighted by Crippen LogP contribution is 2.46. The topological polar surface area (TPSA) is 203 Å². The number of nitrogens with zero attached hydrogens (tertiary/aromatic N) is 2. The molecule has 0 aliphatic carbocycles. The summed E-state index contributed by atoms with van der Waals surface area (Å²) in [5, 5.41) is 6.93. The average molecular weight is 600 g/mol. The van der Waals surface area contributed by atoms with E-state index in [1.165, 1.54) is 20.4 Å². The fourth-order valence-corrected chi connectivity index (χ4v) is 7.47. The second-order valence-corrected chi connectivity index (χ2v) is 15.1. The summed E-state index contributed by atoms with van der Waals surface area (Å²) in [6.45, 7) is 13.7. The molecule has 224 valence electrons. The lowest BCUT2D eigenvalue weighted by Gasteiger charge is -2.42. The maximum absolute atomic E-state index is 12.9. The number of carboxylic acids is 1. The van der Waals surface area contributed by atoms with Crippen LogP contribution < -0.4 is 4.72 Å².